The van der Waals surface area contributed by atoms with Crippen LogP contribution in [0, 0.1) is 4.77 Å². The molecule has 24 heavy (non-hydrogen) atoms. The quantitative estimate of drug-likeness (QED) is 0.683. The number of nitrogens with zero attached hydrogens (tertiary/aromatic N) is 1. The number of hydrogen-bond acceptors (Lipinski definition) is 4. The van der Waals surface area contributed by atoms with Gasteiger partial charge < -0.3 is 14.5 Å². The average Bonchev–Trinajstić information content (AvgIpc) is 2.56. The number of aromatic amines is 1. The Labute approximate surface area is 152 Å². The van der Waals surface area contributed by atoms with Crippen molar-refractivity contribution in [2.75, 3.05) is 14.2 Å². The van der Waals surface area contributed by atoms with Gasteiger partial charge in [-0.25, -0.2) is 0 Å². The number of nitrogens with one attached hydrogen (secondary N) is 1. The lowest BCUT2D eigenvalue weighted by Gasteiger charge is -2.13. The van der Waals surface area contributed by atoms with Crippen molar-refractivity contribution in [3.05, 3.63) is 55.5 Å². The molecule has 3 aromatic rings. The third-order valence-corrected chi connectivity index (χ3v) is 4.45. The Hall–Kier alpha value is -2.02. The van der Waals surface area contributed by atoms with E-state index in [-0.39, 0.29) is 15.4 Å². The lowest BCUT2D eigenvalue weighted by molar-refractivity contribution is 0.415. The minimum Gasteiger partial charge on any atom is -0.497 e. The molecule has 0 saturated heterocycles. The molecule has 0 unspecified atom stereocenters. The molecule has 0 aliphatic rings. The zero-order valence-electron chi connectivity index (χ0n) is 12.7. The van der Waals surface area contributed by atoms with Crippen LogP contribution in [0.25, 0.3) is 16.6 Å². The maximum absolute atomic E-state index is 12.9. The zero-order valence-corrected chi connectivity index (χ0v) is 15.1. The summed E-state index contributed by atoms with van der Waals surface area (Å²) in [4.78, 5) is 15.9. The van der Waals surface area contributed by atoms with E-state index in [1.165, 1.54) is 17.7 Å². The van der Waals surface area contributed by atoms with E-state index in [0.29, 0.717) is 33.1 Å². The number of H-pyrrole nitrogens is 1. The summed E-state index contributed by atoms with van der Waals surface area (Å²) in [5.41, 5.74) is 0.669. The molecule has 0 radical (unpaired) electrons. The number of aromatic nitrogens is 2. The van der Waals surface area contributed by atoms with Crippen molar-refractivity contribution >= 4 is 46.3 Å². The highest BCUT2D eigenvalue weighted by Crippen LogP contribution is 2.32. The predicted molar refractivity (Wildman–Crippen MR) is 97.9 cm³/mol. The third-order valence-electron chi connectivity index (χ3n) is 3.57. The lowest BCUT2D eigenvalue weighted by Crippen LogP contribution is -2.21. The molecular formula is C16H12Cl2N2O3S. The smallest absolute Gasteiger partial charge is 0.266 e. The molecule has 0 atom stereocenters. The van der Waals surface area contributed by atoms with Crippen LogP contribution in [0.3, 0.4) is 0 Å². The predicted octanol–water partition coefficient (Wildman–Crippen LogP) is 4.37. The largest absolute Gasteiger partial charge is 0.497 e. The maximum atomic E-state index is 12.9. The number of hydrogen-bond donors (Lipinski definition) is 1. The molecule has 0 fully saturated rings. The van der Waals surface area contributed by atoms with Gasteiger partial charge in [0, 0.05) is 12.1 Å². The first-order chi connectivity index (χ1) is 11.5. The van der Waals surface area contributed by atoms with Crippen LogP contribution in [0.1, 0.15) is 0 Å². The van der Waals surface area contributed by atoms with Gasteiger partial charge >= 0.3 is 0 Å². The maximum Gasteiger partial charge on any atom is 0.266 e. The number of ether oxygens (including phenoxy) is 2. The van der Waals surface area contributed by atoms with E-state index >= 15 is 0 Å². The Balaban J connectivity index is 2.36. The monoisotopic (exact) mass is 382 g/mol. The van der Waals surface area contributed by atoms with E-state index in [9.17, 15) is 4.79 Å². The summed E-state index contributed by atoms with van der Waals surface area (Å²) in [6.07, 6.45) is 0. The van der Waals surface area contributed by atoms with E-state index in [4.69, 9.17) is 44.9 Å². The van der Waals surface area contributed by atoms with Crippen molar-refractivity contribution in [3.63, 3.8) is 0 Å². The zero-order chi connectivity index (χ0) is 17.4. The molecule has 0 spiro atoms. The molecule has 0 saturated carbocycles. The Morgan fingerprint density at radius 3 is 2.50 bits per heavy atom. The van der Waals surface area contributed by atoms with Crippen molar-refractivity contribution in [1.82, 2.24) is 9.55 Å². The SMILES string of the molecule is COc1ccc2c(=O)n(-c3cc(OC)c(Cl)cc3Cl)c(=S)[nH]c2c1. The Morgan fingerprint density at radius 2 is 1.83 bits per heavy atom. The van der Waals surface area contributed by atoms with Crippen molar-refractivity contribution in [2.45, 2.75) is 0 Å². The summed E-state index contributed by atoms with van der Waals surface area (Å²) in [5, 5.41) is 1.09. The van der Waals surface area contributed by atoms with Gasteiger partial charge in [0.1, 0.15) is 11.5 Å². The molecule has 2 aromatic carbocycles. The van der Waals surface area contributed by atoms with Crippen molar-refractivity contribution < 1.29 is 9.47 Å². The van der Waals surface area contributed by atoms with Gasteiger partial charge in [0.15, 0.2) is 4.77 Å². The first-order valence-electron chi connectivity index (χ1n) is 6.82. The highest BCUT2D eigenvalue weighted by molar-refractivity contribution is 7.71. The van der Waals surface area contributed by atoms with Gasteiger partial charge in [0.05, 0.1) is 40.9 Å². The summed E-state index contributed by atoms with van der Waals surface area (Å²) in [6.45, 7) is 0. The highest BCUT2D eigenvalue weighted by Gasteiger charge is 2.14. The number of halogens is 2. The summed E-state index contributed by atoms with van der Waals surface area (Å²) >= 11 is 17.6. The average molecular weight is 383 g/mol. The molecule has 1 aromatic heterocycles. The second-order valence-corrected chi connectivity index (χ2v) is 6.12. The molecule has 0 aliphatic carbocycles. The molecule has 5 nitrogen and oxygen atoms in total. The number of benzene rings is 2. The molecule has 0 bridgehead atoms. The van der Waals surface area contributed by atoms with E-state index in [2.05, 4.69) is 4.98 Å². The summed E-state index contributed by atoms with van der Waals surface area (Å²) in [7, 11) is 3.03. The van der Waals surface area contributed by atoms with Gasteiger partial charge in [-0.05, 0) is 30.4 Å². The molecule has 124 valence electrons. The minimum absolute atomic E-state index is 0.201. The van der Waals surface area contributed by atoms with Crippen LogP contribution in [0.15, 0.2) is 35.1 Å². The minimum atomic E-state index is -0.303. The van der Waals surface area contributed by atoms with E-state index in [1.54, 1.807) is 31.4 Å². The van der Waals surface area contributed by atoms with Crippen LogP contribution in [0.4, 0.5) is 0 Å². The fourth-order valence-corrected chi connectivity index (χ4v) is 3.23. The topological polar surface area (TPSA) is 56.2 Å². The third kappa shape index (κ3) is 2.77. The standard InChI is InChI=1S/C16H12Cl2N2O3S/c1-22-8-3-4-9-12(5-8)19-16(24)20(15(9)21)13-7-14(23-2)11(18)6-10(13)17/h3-7H,1-2H3,(H,19,24). The van der Waals surface area contributed by atoms with E-state index < -0.39 is 0 Å². The van der Waals surface area contributed by atoms with Gasteiger partial charge in [0.25, 0.3) is 5.56 Å². The molecule has 1 N–H and O–H groups in total. The Kier molecular flexibility index (Phi) is 4.54. The van der Waals surface area contributed by atoms with Gasteiger partial charge in [-0.1, -0.05) is 23.2 Å². The lowest BCUT2D eigenvalue weighted by atomic mass is 10.2. The van der Waals surface area contributed by atoms with Crippen LogP contribution in [-0.4, -0.2) is 23.8 Å². The first kappa shape index (κ1) is 16.8. The first-order valence-corrected chi connectivity index (χ1v) is 7.99. The molecule has 0 amide bonds. The van der Waals surface area contributed by atoms with Gasteiger partial charge in [0.2, 0.25) is 0 Å². The second-order valence-electron chi connectivity index (χ2n) is 4.92. The normalized spacial score (nSPS) is 10.8. The highest BCUT2D eigenvalue weighted by atomic mass is 35.5. The fourth-order valence-electron chi connectivity index (χ4n) is 2.39. The number of rotatable bonds is 3. The van der Waals surface area contributed by atoms with E-state index in [0.717, 1.165) is 0 Å². The van der Waals surface area contributed by atoms with Crippen LogP contribution in [0.5, 0.6) is 11.5 Å². The van der Waals surface area contributed by atoms with Crippen LogP contribution < -0.4 is 15.0 Å². The molecule has 0 aliphatic heterocycles. The summed E-state index contributed by atoms with van der Waals surface area (Å²) < 4.78 is 11.9. The summed E-state index contributed by atoms with van der Waals surface area (Å²) in [5.74, 6) is 1.02. The Morgan fingerprint density at radius 1 is 1.08 bits per heavy atom. The van der Waals surface area contributed by atoms with Crippen molar-refractivity contribution in [1.29, 1.82) is 0 Å². The summed E-state index contributed by atoms with van der Waals surface area (Å²) in [6, 6.07) is 8.16. The Bertz CT molecular complexity index is 1060. The molecule has 3 rings (SSSR count). The van der Waals surface area contributed by atoms with Gasteiger partial charge in [-0.15, -0.1) is 0 Å². The molecule has 1 heterocycles. The van der Waals surface area contributed by atoms with Crippen LogP contribution >= 0.6 is 35.4 Å². The molecule has 8 heteroatoms. The van der Waals surface area contributed by atoms with E-state index in [1.807, 2.05) is 0 Å². The molecular weight excluding hydrogens is 371 g/mol. The fraction of sp³-hybridized carbons (Fsp3) is 0.125. The van der Waals surface area contributed by atoms with Crippen LogP contribution in [-0.2, 0) is 0 Å². The second kappa shape index (κ2) is 6.47. The number of methoxy groups -OCH3 is 2. The number of fused-ring (bicyclic) bond motifs is 1. The van der Waals surface area contributed by atoms with Crippen LogP contribution in [0.2, 0.25) is 10.0 Å². The van der Waals surface area contributed by atoms with Gasteiger partial charge in [-0.2, -0.15) is 0 Å². The van der Waals surface area contributed by atoms with Gasteiger partial charge in [-0.3, -0.25) is 9.36 Å². The van der Waals surface area contributed by atoms with Crippen molar-refractivity contribution in [2.24, 2.45) is 0 Å². The van der Waals surface area contributed by atoms with Crippen molar-refractivity contribution in [3.8, 4) is 17.2 Å².